The molecule has 0 N–H and O–H groups in total. The molecule has 112 valence electrons. The maximum absolute atomic E-state index is 12.3. The summed E-state index contributed by atoms with van der Waals surface area (Å²) >= 11 is 1.65. The molecule has 1 aliphatic heterocycles. The molecule has 1 saturated heterocycles. The van der Waals surface area contributed by atoms with E-state index in [-0.39, 0.29) is 0 Å². The van der Waals surface area contributed by atoms with Crippen LogP contribution in [0.2, 0.25) is 0 Å². The van der Waals surface area contributed by atoms with Crippen LogP contribution in [0.15, 0.2) is 36.5 Å². The van der Waals surface area contributed by atoms with Crippen LogP contribution in [0, 0.1) is 5.92 Å². The summed E-state index contributed by atoms with van der Waals surface area (Å²) in [6, 6.07) is 10.2. The lowest BCUT2D eigenvalue weighted by Gasteiger charge is -2.21. The maximum Gasteiger partial charge on any atom is 0.106 e. The van der Waals surface area contributed by atoms with E-state index in [4.69, 9.17) is 4.74 Å². The number of thiazole rings is 1. The first-order valence-corrected chi connectivity index (χ1v) is 9.54. The summed E-state index contributed by atoms with van der Waals surface area (Å²) < 4.78 is 17.6. The number of nitrogens with zero attached hydrogens (tertiary/aromatic N) is 1. The molecule has 0 aliphatic carbocycles. The van der Waals surface area contributed by atoms with Crippen molar-refractivity contribution in [2.75, 3.05) is 19.0 Å². The van der Waals surface area contributed by atoms with E-state index in [2.05, 4.69) is 17.1 Å². The van der Waals surface area contributed by atoms with Crippen LogP contribution in [-0.4, -0.2) is 28.2 Å². The number of ether oxygens (including phenoxy) is 1. The van der Waals surface area contributed by atoms with Crippen molar-refractivity contribution in [3.05, 3.63) is 41.5 Å². The molecule has 21 heavy (non-hydrogen) atoms. The topological polar surface area (TPSA) is 39.2 Å². The van der Waals surface area contributed by atoms with Crippen LogP contribution in [0.1, 0.15) is 17.8 Å². The van der Waals surface area contributed by atoms with Gasteiger partial charge in [-0.05, 0) is 24.3 Å². The van der Waals surface area contributed by atoms with Gasteiger partial charge in [0.1, 0.15) is 5.01 Å². The zero-order valence-corrected chi connectivity index (χ0v) is 13.5. The molecule has 0 radical (unpaired) electrons. The van der Waals surface area contributed by atoms with Crippen molar-refractivity contribution in [1.29, 1.82) is 0 Å². The van der Waals surface area contributed by atoms with Crippen LogP contribution in [0.25, 0.3) is 10.4 Å². The molecule has 3 nitrogen and oxygen atoms in total. The Kier molecular flexibility index (Phi) is 5.17. The van der Waals surface area contributed by atoms with Gasteiger partial charge in [0.05, 0.1) is 10.6 Å². The Bertz CT molecular complexity index is 591. The average Bonchev–Trinajstić information content (AvgIpc) is 2.97. The van der Waals surface area contributed by atoms with Crippen LogP contribution in [0.5, 0.6) is 0 Å². The van der Waals surface area contributed by atoms with Gasteiger partial charge in [-0.15, -0.1) is 11.3 Å². The molecule has 0 bridgehead atoms. The molecule has 0 spiro atoms. The normalized spacial score (nSPS) is 17.7. The molecule has 0 amide bonds. The molecule has 0 unspecified atom stereocenters. The largest absolute Gasteiger partial charge is 0.381 e. The Hall–Kier alpha value is -1.04. The summed E-state index contributed by atoms with van der Waals surface area (Å²) in [5, 5.41) is 0.972. The van der Waals surface area contributed by atoms with E-state index in [1.165, 1.54) is 5.56 Å². The highest BCUT2D eigenvalue weighted by molar-refractivity contribution is 7.84. The van der Waals surface area contributed by atoms with Gasteiger partial charge in [0.2, 0.25) is 0 Å². The summed E-state index contributed by atoms with van der Waals surface area (Å²) in [6.07, 6.45) is 3.97. The highest BCUT2D eigenvalue weighted by Crippen LogP contribution is 2.27. The maximum atomic E-state index is 12.3. The highest BCUT2D eigenvalue weighted by atomic mass is 32.2. The van der Waals surface area contributed by atoms with Gasteiger partial charge in [0.25, 0.3) is 0 Å². The van der Waals surface area contributed by atoms with E-state index in [0.717, 1.165) is 41.7 Å². The van der Waals surface area contributed by atoms with Crippen molar-refractivity contribution in [1.82, 2.24) is 4.98 Å². The molecule has 1 atom stereocenters. The SMILES string of the molecule is O=[S@@](Cc1ncc(-c2ccccc2)s1)CC1CCOCC1. The molecular formula is C16H19NO2S2. The highest BCUT2D eigenvalue weighted by Gasteiger charge is 2.17. The standard InChI is InChI=1S/C16H19NO2S2/c18-21(11-13-6-8-19-9-7-13)12-16-17-10-15(20-16)14-4-2-1-3-5-14/h1-5,10,13H,6-9,11-12H2/t21-/m1/s1. The molecule has 1 aromatic heterocycles. The zero-order valence-electron chi connectivity index (χ0n) is 11.9. The van der Waals surface area contributed by atoms with E-state index in [1.807, 2.05) is 24.4 Å². The lowest BCUT2D eigenvalue weighted by Crippen LogP contribution is -2.21. The molecule has 2 aromatic rings. The van der Waals surface area contributed by atoms with Gasteiger partial charge in [-0.1, -0.05) is 30.3 Å². The Morgan fingerprint density at radius 3 is 2.76 bits per heavy atom. The Morgan fingerprint density at radius 1 is 1.24 bits per heavy atom. The van der Waals surface area contributed by atoms with Gasteiger partial charge < -0.3 is 4.74 Å². The quantitative estimate of drug-likeness (QED) is 0.846. The van der Waals surface area contributed by atoms with E-state index >= 15 is 0 Å². The van der Waals surface area contributed by atoms with Crippen LogP contribution >= 0.6 is 11.3 Å². The number of benzene rings is 1. The first-order valence-electron chi connectivity index (χ1n) is 7.24. The summed E-state index contributed by atoms with van der Waals surface area (Å²) in [7, 11) is -0.819. The third-order valence-corrected chi connectivity index (χ3v) is 6.33. The second-order valence-electron chi connectivity index (χ2n) is 5.29. The molecule has 0 saturated carbocycles. The third kappa shape index (κ3) is 4.22. The molecule has 1 aromatic carbocycles. The Morgan fingerprint density at radius 2 is 2.00 bits per heavy atom. The third-order valence-electron chi connectivity index (χ3n) is 3.66. The fourth-order valence-electron chi connectivity index (χ4n) is 2.49. The lowest BCUT2D eigenvalue weighted by atomic mass is 10.0. The fraction of sp³-hybridized carbons (Fsp3) is 0.438. The van der Waals surface area contributed by atoms with Gasteiger partial charge in [-0.25, -0.2) is 4.98 Å². The van der Waals surface area contributed by atoms with Crippen molar-refractivity contribution in [3.63, 3.8) is 0 Å². The van der Waals surface area contributed by atoms with Crippen molar-refractivity contribution >= 4 is 22.1 Å². The minimum absolute atomic E-state index is 0.549. The smallest absolute Gasteiger partial charge is 0.106 e. The second-order valence-corrected chi connectivity index (χ2v) is 7.91. The molecule has 1 aliphatic rings. The summed E-state index contributed by atoms with van der Waals surface area (Å²) in [5.41, 5.74) is 1.18. The molecule has 1 fully saturated rings. The number of hydrogen-bond acceptors (Lipinski definition) is 4. The van der Waals surface area contributed by atoms with Gasteiger partial charge in [0.15, 0.2) is 0 Å². The van der Waals surface area contributed by atoms with Crippen molar-refractivity contribution < 1.29 is 8.95 Å². The van der Waals surface area contributed by atoms with Gasteiger partial charge >= 0.3 is 0 Å². The number of aromatic nitrogens is 1. The molecule has 3 rings (SSSR count). The lowest BCUT2D eigenvalue weighted by molar-refractivity contribution is 0.0725. The number of rotatable bonds is 5. The van der Waals surface area contributed by atoms with Crippen molar-refractivity contribution in [2.45, 2.75) is 18.6 Å². The van der Waals surface area contributed by atoms with Gasteiger partial charge in [0, 0.05) is 36.0 Å². The van der Waals surface area contributed by atoms with Crippen LogP contribution < -0.4 is 0 Å². The van der Waals surface area contributed by atoms with E-state index < -0.39 is 10.8 Å². The predicted molar refractivity (Wildman–Crippen MR) is 87.8 cm³/mol. The zero-order chi connectivity index (χ0) is 14.5. The Labute approximate surface area is 131 Å². The van der Waals surface area contributed by atoms with Crippen LogP contribution in [0.4, 0.5) is 0 Å². The average molecular weight is 321 g/mol. The van der Waals surface area contributed by atoms with E-state index in [1.54, 1.807) is 11.3 Å². The van der Waals surface area contributed by atoms with Crippen LogP contribution in [0.3, 0.4) is 0 Å². The van der Waals surface area contributed by atoms with E-state index in [0.29, 0.717) is 11.7 Å². The summed E-state index contributed by atoms with van der Waals surface area (Å²) in [5.74, 6) is 1.91. The van der Waals surface area contributed by atoms with Crippen LogP contribution in [-0.2, 0) is 21.3 Å². The molecular weight excluding hydrogens is 302 g/mol. The van der Waals surface area contributed by atoms with Gasteiger partial charge in [-0.3, -0.25) is 4.21 Å². The van der Waals surface area contributed by atoms with Gasteiger partial charge in [-0.2, -0.15) is 0 Å². The molecule has 5 heteroatoms. The number of hydrogen-bond donors (Lipinski definition) is 0. The second kappa shape index (κ2) is 7.29. The summed E-state index contributed by atoms with van der Waals surface area (Å²) in [6.45, 7) is 1.63. The minimum atomic E-state index is -0.819. The Balaban J connectivity index is 1.58. The van der Waals surface area contributed by atoms with Crippen molar-refractivity contribution in [2.24, 2.45) is 5.92 Å². The minimum Gasteiger partial charge on any atom is -0.381 e. The first-order chi connectivity index (χ1) is 10.3. The predicted octanol–water partition coefficient (Wildman–Crippen LogP) is 3.49. The van der Waals surface area contributed by atoms with E-state index in [9.17, 15) is 4.21 Å². The monoisotopic (exact) mass is 321 g/mol. The fourth-order valence-corrected chi connectivity index (χ4v) is 5.16. The summed E-state index contributed by atoms with van der Waals surface area (Å²) in [4.78, 5) is 5.57. The first kappa shape index (κ1) is 14.9. The van der Waals surface area contributed by atoms with Crippen molar-refractivity contribution in [3.8, 4) is 10.4 Å². The molecule has 2 heterocycles.